The van der Waals surface area contributed by atoms with Gasteiger partial charge in [0.2, 0.25) is 0 Å². The molecule has 0 aliphatic carbocycles. The fourth-order valence-electron chi connectivity index (χ4n) is 1.19. The van der Waals surface area contributed by atoms with E-state index < -0.39 is 10.9 Å². The highest BCUT2D eigenvalue weighted by Gasteiger charge is 2.19. The summed E-state index contributed by atoms with van der Waals surface area (Å²) < 4.78 is 24.6. The van der Waals surface area contributed by atoms with Crippen molar-refractivity contribution >= 4 is 15.9 Å². The average Bonchev–Trinajstić information content (AvgIpc) is 2.24. The predicted octanol–water partition coefficient (Wildman–Crippen LogP) is 2.97. The minimum Gasteiger partial charge on any atom is -0.380 e. The first-order chi connectivity index (χ1) is 7.47. The Bertz CT molecular complexity index is 375. The summed E-state index contributed by atoms with van der Waals surface area (Å²) >= 11 is 2.09. The van der Waals surface area contributed by atoms with Crippen LogP contribution in [0, 0.1) is 11.8 Å². The van der Waals surface area contributed by atoms with Crippen molar-refractivity contribution in [2.45, 2.75) is 23.8 Å². The highest BCUT2D eigenvalue weighted by molar-refractivity contribution is 9.10. The molecule has 0 bridgehead atoms. The van der Waals surface area contributed by atoms with E-state index in [1.54, 1.807) is 5.92 Å². The zero-order chi connectivity index (χ0) is 12.0. The van der Waals surface area contributed by atoms with Gasteiger partial charge in [0.15, 0.2) is 0 Å². The fourth-order valence-corrected chi connectivity index (χ4v) is 1.30. The molecular weight excluding hydrogens is 278 g/mol. The second-order valence-corrected chi connectivity index (χ2v) is 4.30. The van der Waals surface area contributed by atoms with Crippen LogP contribution in [0.4, 0.5) is 8.78 Å². The second kappa shape index (κ2) is 5.97. The molecule has 0 aromatic heterocycles. The fraction of sp³-hybridized carbons (Fsp3) is 0.333. The molecule has 0 aliphatic heterocycles. The van der Waals surface area contributed by atoms with Crippen molar-refractivity contribution in [1.82, 2.24) is 0 Å². The molecule has 0 fully saturated rings. The molecule has 0 spiro atoms. The summed E-state index contributed by atoms with van der Waals surface area (Å²) in [4.78, 5) is -3.22. The molecule has 1 unspecified atom stereocenters. The number of hydrogen-bond acceptors (Lipinski definition) is 1. The summed E-state index contributed by atoms with van der Waals surface area (Å²) in [5.74, 6) is 3.74. The summed E-state index contributed by atoms with van der Waals surface area (Å²) in [5.41, 5.74) is 1.05. The Labute approximate surface area is 102 Å². The standard InChI is InChI=1S/C12H11BrF2O/c13-12(14,15)9-8-11(16)7-6-10-4-2-1-3-5-10/h1-5,11,16H,6-7H2. The third kappa shape index (κ3) is 5.84. The van der Waals surface area contributed by atoms with Gasteiger partial charge in [-0.05, 0) is 24.3 Å². The van der Waals surface area contributed by atoms with Crippen LogP contribution in [0.5, 0.6) is 0 Å². The lowest BCUT2D eigenvalue weighted by Crippen LogP contribution is -2.07. The first kappa shape index (κ1) is 13.1. The monoisotopic (exact) mass is 288 g/mol. The van der Waals surface area contributed by atoms with Gasteiger partial charge in [0.05, 0.1) is 0 Å². The van der Waals surface area contributed by atoms with Gasteiger partial charge in [-0.15, -0.1) is 0 Å². The maximum absolute atomic E-state index is 12.3. The van der Waals surface area contributed by atoms with Crippen LogP contribution in [0.25, 0.3) is 0 Å². The molecule has 1 aromatic rings. The highest BCUT2D eigenvalue weighted by Crippen LogP contribution is 2.19. The summed E-state index contributed by atoms with van der Waals surface area (Å²) in [6.07, 6.45) is -0.0615. The van der Waals surface area contributed by atoms with Gasteiger partial charge in [-0.3, -0.25) is 0 Å². The molecule has 1 N–H and O–H groups in total. The lowest BCUT2D eigenvalue weighted by atomic mass is 10.1. The molecule has 0 radical (unpaired) electrons. The van der Waals surface area contributed by atoms with E-state index in [0.29, 0.717) is 12.8 Å². The van der Waals surface area contributed by atoms with E-state index in [0.717, 1.165) is 5.56 Å². The number of halogens is 3. The zero-order valence-electron chi connectivity index (χ0n) is 8.46. The summed E-state index contributed by atoms with van der Waals surface area (Å²) in [6, 6.07) is 9.50. The Morgan fingerprint density at radius 2 is 1.94 bits per heavy atom. The number of aliphatic hydroxyl groups excluding tert-OH is 1. The molecule has 16 heavy (non-hydrogen) atoms. The quantitative estimate of drug-likeness (QED) is 0.670. The van der Waals surface area contributed by atoms with E-state index in [1.807, 2.05) is 30.3 Å². The summed E-state index contributed by atoms with van der Waals surface area (Å²) in [5, 5.41) is 9.35. The molecule has 4 heteroatoms. The highest BCUT2D eigenvalue weighted by atomic mass is 79.9. The lowest BCUT2D eigenvalue weighted by molar-refractivity contribution is 0.179. The molecule has 0 heterocycles. The first-order valence-corrected chi connectivity index (χ1v) is 5.58. The third-order valence-electron chi connectivity index (χ3n) is 1.93. The van der Waals surface area contributed by atoms with Gasteiger partial charge in [0.25, 0.3) is 0 Å². The Kier molecular flexibility index (Phi) is 4.91. The Hall–Kier alpha value is -0.920. The van der Waals surface area contributed by atoms with Crippen molar-refractivity contribution in [3.63, 3.8) is 0 Å². The van der Waals surface area contributed by atoms with Crippen LogP contribution in [0.3, 0.4) is 0 Å². The van der Waals surface area contributed by atoms with E-state index in [9.17, 15) is 13.9 Å². The number of aliphatic hydroxyl groups is 1. The minimum absolute atomic E-state index is 0.347. The van der Waals surface area contributed by atoms with Gasteiger partial charge in [-0.2, -0.15) is 8.78 Å². The van der Waals surface area contributed by atoms with Crippen LogP contribution < -0.4 is 0 Å². The van der Waals surface area contributed by atoms with E-state index >= 15 is 0 Å². The molecule has 1 nitrogen and oxygen atoms in total. The normalized spacial score (nSPS) is 12.8. The lowest BCUT2D eigenvalue weighted by Gasteiger charge is -2.03. The van der Waals surface area contributed by atoms with Gasteiger partial charge < -0.3 is 5.11 Å². The van der Waals surface area contributed by atoms with Crippen LogP contribution in [-0.4, -0.2) is 16.0 Å². The number of hydrogen-bond donors (Lipinski definition) is 1. The molecule has 0 amide bonds. The van der Waals surface area contributed by atoms with Crippen molar-refractivity contribution in [3.05, 3.63) is 35.9 Å². The van der Waals surface area contributed by atoms with Crippen molar-refractivity contribution in [1.29, 1.82) is 0 Å². The van der Waals surface area contributed by atoms with E-state index in [4.69, 9.17) is 0 Å². The van der Waals surface area contributed by atoms with Crippen LogP contribution in [-0.2, 0) is 6.42 Å². The predicted molar refractivity (Wildman–Crippen MR) is 62.4 cm³/mol. The average molecular weight is 289 g/mol. The smallest absolute Gasteiger partial charge is 0.363 e. The molecule has 1 aromatic carbocycles. The van der Waals surface area contributed by atoms with E-state index in [1.165, 1.54) is 0 Å². The van der Waals surface area contributed by atoms with Crippen LogP contribution in [0.1, 0.15) is 12.0 Å². The van der Waals surface area contributed by atoms with Gasteiger partial charge in [0.1, 0.15) is 6.10 Å². The Balaban J connectivity index is 2.41. The van der Waals surface area contributed by atoms with Crippen molar-refractivity contribution in [3.8, 4) is 11.8 Å². The largest absolute Gasteiger partial charge is 0.380 e. The number of aryl methyl sites for hydroxylation is 1. The minimum atomic E-state index is -3.22. The first-order valence-electron chi connectivity index (χ1n) is 4.79. The molecule has 1 atom stereocenters. The van der Waals surface area contributed by atoms with Crippen molar-refractivity contribution in [2.75, 3.05) is 0 Å². The van der Waals surface area contributed by atoms with Crippen LogP contribution >= 0.6 is 15.9 Å². The topological polar surface area (TPSA) is 20.2 Å². The van der Waals surface area contributed by atoms with Crippen LogP contribution in [0.15, 0.2) is 30.3 Å². The maximum atomic E-state index is 12.3. The van der Waals surface area contributed by atoms with E-state index in [2.05, 4.69) is 21.9 Å². The molecular formula is C12H11BrF2O. The third-order valence-corrected chi connectivity index (χ3v) is 2.13. The van der Waals surface area contributed by atoms with Crippen molar-refractivity contribution in [2.24, 2.45) is 0 Å². The second-order valence-electron chi connectivity index (χ2n) is 3.31. The van der Waals surface area contributed by atoms with E-state index in [-0.39, 0.29) is 0 Å². The summed E-state index contributed by atoms with van der Waals surface area (Å²) in [7, 11) is 0. The van der Waals surface area contributed by atoms with Gasteiger partial charge >= 0.3 is 4.83 Å². The number of rotatable bonds is 3. The summed E-state index contributed by atoms with van der Waals surface area (Å²) in [6.45, 7) is 0. The number of alkyl halides is 3. The molecule has 1 rings (SSSR count). The van der Waals surface area contributed by atoms with Crippen molar-refractivity contribution < 1.29 is 13.9 Å². The molecule has 0 aliphatic rings. The molecule has 0 saturated carbocycles. The van der Waals surface area contributed by atoms with Gasteiger partial charge in [-0.1, -0.05) is 36.3 Å². The Morgan fingerprint density at radius 3 is 2.50 bits per heavy atom. The molecule has 86 valence electrons. The SMILES string of the molecule is OC(C#CC(F)(F)Br)CCc1ccccc1. The maximum Gasteiger partial charge on any atom is 0.363 e. The van der Waals surface area contributed by atoms with Gasteiger partial charge in [0, 0.05) is 15.9 Å². The zero-order valence-corrected chi connectivity index (χ0v) is 10.0. The Morgan fingerprint density at radius 1 is 1.31 bits per heavy atom. The van der Waals surface area contributed by atoms with Gasteiger partial charge in [-0.25, -0.2) is 0 Å². The number of benzene rings is 1. The molecule has 0 saturated heterocycles. The van der Waals surface area contributed by atoms with Crippen LogP contribution in [0.2, 0.25) is 0 Å².